The van der Waals surface area contributed by atoms with Crippen LogP contribution in [0.15, 0.2) is 42.7 Å². The molecular weight excluding hydrogens is 300 g/mol. The Morgan fingerprint density at radius 3 is 2.62 bits per heavy atom. The zero-order chi connectivity index (χ0) is 17.0. The first-order valence-corrected chi connectivity index (χ1v) is 8.72. The van der Waals surface area contributed by atoms with Crippen LogP contribution in [0.3, 0.4) is 0 Å². The Morgan fingerprint density at radius 2 is 1.92 bits per heavy atom. The van der Waals surface area contributed by atoms with Crippen molar-refractivity contribution in [2.45, 2.75) is 32.4 Å². The second-order valence-corrected chi connectivity index (χ2v) is 7.07. The van der Waals surface area contributed by atoms with E-state index in [1.165, 1.54) is 5.56 Å². The number of para-hydroxylation sites is 1. The lowest BCUT2D eigenvalue weighted by atomic mass is 10.0. The summed E-state index contributed by atoms with van der Waals surface area (Å²) in [6, 6.07) is 10.5. The van der Waals surface area contributed by atoms with Crippen molar-refractivity contribution in [2.75, 3.05) is 32.8 Å². The van der Waals surface area contributed by atoms with E-state index in [1.807, 2.05) is 29.1 Å². The molecule has 1 aliphatic heterocycles. The summed E-state index contributed by atoms with van der Waals surface area (Å²) >= 11 is 0. The Kier molecular flexibility index (Phi) is 5.33. The highest BCUT2D eigenvalue weighted by molar-refractivity contribution is 5.31. The maximum absolute atomic E-state index is 5.46. The molecule has 0 saturated carbocycles. The van der Waals surface area contributed by atoms with Crippen LogP contribution in [0.2, 0.25) is 0 Å². The number of benzene rings is 1. The van der Waals surface area contributed by atoms with E-state index in [4.69, 9.17) is 4.74 Å². The number of aromatic nitrogens is 2. The van der Waals surface area contributed by atoms with Gasteiger partial charge in [0.15, 0.2) is 0 Å². The van der Waals surface area contributed by atoms with Crippen molar-refractivity contribution in [2.24, 2.45) is 0 Å². The fraction of sp³-hybridized carbons (Fsp3) is 0.526. The molecule has 5 heteroatoms. The molecule has 1 aromatic heterocycles. The fourth-order valence-electron chi connectivity index (χ4n) is 3.08. The molecule has 1 aromatic carbocycles. The highest BCUT2D eigenvalue weighted by Gasteiger charge is 2.28. The summed E-state index contributed by atoms with van der Waals surface area (Å²) in [6.45, 7) is 11.4. The molecule has 0 spiro atoms. The fourth-order valence-corrected chi connectivity index (χ4v) is 3.08. The second kappa shape index (κ2) is 7.47. The first-order valence-electron chi connectivity index (χ1n) is 8.72. The molecule has 2 aromatic rings. The first kappa shape index (κ1) is 17.1. The van der Waals surface area contributed by atoms with E-state index >= 15 is 0 Å². The summed E-state index contributed by atoms with van der Waals surface area (Å²) in [4.78, 5) is 2.50. The van der Waals surface area contributed by atoms with Crippen LogP contribution >= 0.6 is 0 Å². The van der Waals surface area contributed by atoms with Crippen molar-refractivity contribution in [3.05, 3.63) is 48.3 Å². The van der Waals surface area contributed by atoms with E-state index in [0.29, 0.717) is 0 Å². The summed E-state index contributed by atoms with van der Waals surface area (Å²) in [5.41, 5.74) is 2.41. The predicted octanol–water partition coefficient (Wildman–Crippen LogP) is 2.63. The molecule has 130 valence electrons. The van der Waals surface area contributed by atoms with E-state index in [-0.39, 0.29) is 11.6 Å². The molecule has 1 aliphatic rings. The molecule has 0 radical (unpaired) electrons. The van der Waals surface area contributed by atoms with Gasteiger partial charge in [-0.25, -0.2) is 4.68 Å². The van der Waals surface area contributed by atoms with Gasteiger partial charge in [-0.15, -0.1) is 0 Å². The van der Waals surface area contributed by atoms with Crippen molar-refractivity contribution in [1.29, 1.82) is 0 Å². The highest BCUT2D eigenvalue weighted by atomic mass is 16.5. The molecule has 5 nitrogen and oxygen atoms in total. The Hall–Kier alpha value is -1.69. The van der Waals surface area contributed by atoms with Crippen LogP contribution in [0.4, 0.5) is 0 Å². The normalized spacial score (nSPS) is 17.8. The average molecular weight is 328 g/mol. The largest absolute Gasteiger partial charge is 0.379 e. The molecule has 1 atom stereocenters. The molecule has 3 rings (SSSR count). The van der Waals surface area contributed by atoms with Crippen LogP contribution in [0, 0.1) is 0 Å². The van der Waals surface area contributed by atoms with Gasteiger partial charge < -0.3 is 10.1 Å². The summed E-state index contributed by atoms with van der Waals surface area (Å²) < 4.78 is 7.39. The minimum atomic E-state index is 0.119. The number of nitrogens with zero attached hydrogens (tertiary/aromatic N) is 3. The van der Waals surface area contributed by atoms with Crippen LogP contribution < -0.4 is 5.32 Å². The molecule has 1 saturated heterocycles. The van der Waals surface area contributed by atoms with Gasteiger partial charge >= 0.3 is 0 Å². The first-order chi connectivity index (χ1) is 11.6. The van der Waals surface area contributed by atoms with E-state index in [0.717, 1.165) is 38.5 Å². The molecule has 2 heterocycles. The lowest BCUT2D eigenvalue weighted by Crippen LogP contribution is -2.54. The Bertz CT molecular complexity index is 632. The van der Waals surface area contributed by atoms with Gasteiger partial charge in [0.25, 0.3) is 0 Å². The molecule has 1 unspecified atom stereocenters. The van der Waals surface area contributed by atoms with Gasteiger partial charge in [-0.3, -0.25) is 4.90 Å². The molecule has 0 bridgehead atoms. The third-order valence-electron chi connectivity index (χ3n) is 4.83. The monoisotopic (exact) mass is 328 g/mol. The van der Waals surface area contributed by atoms with Crippen LogP contribution in [-0.4, -0.2) is 53.1 Å². The van der Waals surface area contributed by atoms with E-state index < -0.39 is 0 Å². The van der Waals surface area contributed by atoms with Crippen LogP contribution in [-0.2, 0) is 4.74 Å². The number of hydrogen-bond acceptors (Lipinski definition) is 4. The van der Waals surface area contributed by atoms with Crippen molar-refractivity contribution in [3.8, 4) is 5.69 Å². The zero-order valence-corrected chi connectivity index (χ0v) is 14.9. The van der Waals surface area contributed by atoms with Crippen molar-refractivity contribution < 1.29 is 4.74 Å². The van der Waals surface area contributed by atoms with Gasteiger partial charge in [0, 0.05) is 43.0 Å². The maximum atomic E-state index is 5.46. The Morgan fingerprint density at radius 1 is 1.21 bits per heavy atom. The van der Waals surface area contributed by atoms with Crippen LogP contribution in [0.5, 0.6) is 0 Å². The molecule has 1 fully saturated rings. The van der Waals surface area contributed by atoms with E-state index in [9.17, 15) is 0 Å². The third-order valence-corrected chi connectivity index (χ3v) is 4.83. The average Bonchev–Trinajstić information content (AvgIpc) is 3.11. The van der Waals surface area contributed by atoms with Crippen LogP contribution in [0.1, 0.15) is 32.4 Å². The quantitative estimate of drug-likeness (QED) is 0.885. The number of morpholine rings is 1. The second-order valence-electron chi connectivity index (χ2n) is 7.07. The van der Waals surface area contributed by atoms with Gasteiger partial charge in [0.2, 0.25) is 0 Å². The molecule has 0 aliphatic carbocycles. The lowest BCUT2D eigenvalue weighted by molar-refractivity contribution is -0.0102. The molecule has 1 N–H and O–H groups in total. The number of hydrogen-bond donors (Lipinski definition) is 1. The Balaban J connectivity index is 1.59. The molecule has 0 amide bonds. The SMILES string of the molecule is CC(NCC(C)(C)N1CCOCC1)c1cnn(-c2ccccc2)c1. The maximum Gasteiger partial charge on any atom is 0.0645 e. The summed E-state index contributed by atoms with van der Waals surface area (Å²) in [5.74, 6) is 0. The van der Waals surface area contributed by atoms with Gasteiger partial charge in [-0.2, -0.15) is 5.10 Å². The van der Waals surface area contributed by atoms with Gasteiger partial charge in [0.05, 0.1) is 25.1 Å². The Labute approximate surface area is 144 Å². The van der Waals surface area contributed by atoms with Crippen LogP contribution in [0.25, 0.3) is 5.69 Å². The summed E-state index contributed by atoms with van der Waals surface area (Å²) in [7, 11) is 0. The zero-order valence-electron chi connectivity index (χ0n) is 14.9. The predicted molar refractivity (Wildman–Crippen MR) is 96.5 cm³/mol. The number of rotatable bonds is 6. The lowest BCUT2D eigenvalue weighted by Gasteiger charge is -2.41. The third kappa shape index (κ3) is 4.04. The minimum absolute atomic E-state index is 0.119. The molecule has 24 heavy (non-hydrogen) atoms. The standard InChI is InChI=1S/C19H28N4O/c1-16(20-15-19(2,3)22-9-11-24-12-10-22)17-13-21-23(14-17)18-7-5-4-6-8-18/h4-8,13-14,16,20H,9-12,15H2,1-3H3. The topological polar surface area (TPSA) is 42.3 Å². The summed E-state index contributed by atoms with van der Waals surface area (Å²) in [5, 5.41) is 8.16. The van der Waals surface area contributed by atoms with Crippen molar-refractivity contribution >= 4 is 0 Å². The summed E-state index contributed by atoms with van der Waals surface area (Å²) in [6.07, 6.45) is 4.06. The van der Waals surface area contributed by atoms with Crippen molar-refractivity contribution in [3.63, 3.8) is 0 Å². The van der Waals surface area contributed by atoms with E-state index in [2.05, 4.69) is 54.4 Å². The number of ether oxygens (including phenoxy) is 1. The van der Waals surface area contributed by atoms with E-state index in [1.54, 1.807) is 0 Å². The molecular formula is C19H28N4O. The van der Waals surface area contributed by atoms with Gasteiger partial charge in [0.1, 0.15) is 0 Å². The minimum Gasteiger partial charge on any atom is -0.379 e. The highest BCUT2D eigenvalue weighted by Crippen LogP contribution is 2.19. The van der Waals surface area contributed by atoms with Gasteiger partial charge in [-0.1, -0.05) is 18.2 Å². The van der Waals surface area contributed by atoms with Crippen molar-refractivity contribution in [1.82, 2.24) is 20.0 Å². The van der Waals surface area contributed by atoms with Gasteiger partial charge in [-0.05, 0) is 32.9 Å². The number of nitrogens with one attached hydrogen (secondary N) is 1. The smallest absolute Gasteiger partial charge is 0.0645 e.